The van der Waals surface area contributed by atoms with Crippen molar-refractivity contribution in [3.05, 3.63) is 141 Å². The van der Waals surface area contributed by atoms with Gasteiger partial charge in [0.25, 0.3) is 29.5 Å². The predicted octanol–water partition coefficient (Wildman–Crippen LogP) is 6.59. The summed E-state index contributed by atoms with van der Waals surface area (Å²) in [6.45, 7) is 24.3. The smallest absolute Gasteiger partial charge is 0.291 e. The second-order valence-corrected chi connectivity index (χ2v) is 31.9. The first kappa shape index (κ1) is 96.5. The number of aliphatic imine (C=N–C) groups is 1. The van der Waals surface area contributed by atoms with Crippen LogP contribution in [0, 0.1) is 20.8 Å². The molecule has 8 heterocycles. The number of halogens is 1. The Bertz CT molecular complexity index is 4960. The number of nitrogens with one attached hydrogen (secondary N) is 10. The predicted molar refractivity (Wildman–Crippen MR) is 466 cm³/mol. The van der Waals surface area contributed by atoms with Gasteiger partial charge < -0.3 is 109 Å². The summed E-state index contributed by atoms with van der Waals surface area (Å²) in [6, 6.07) is 9.51. The fraction of sp³-hybridized carbons (Fsp3) is 0.518. The van der Waals surface area contributed by atoms with Crippen LogP contribution in [0.1, 0.15) is 197 Å². The molecule has 0 aliphatic carbocycles. The number of rotatable bonds is 53. The van der Waals surface area contributed by atoms with Gasteiger partial charge in [0.05, 0.1) is 103 Å². The number of aromatic nitrogens is 11. The highest BCUT2D eigenvalue weighted by Gasteiger charge is 2.33. The molecule has 10 amide bonds. The van der Waals surface area contributed by atoms with Crippen LogP contribution in [-0.2, 0) is 66.5 Å². The van der Waals surface area contributed by atoms with Crippen LogP contribution in [0.25, 0.3) is 5.00 Å². The third-order valence-corrected chi connectivity index (χ3v) is 21.0. The van der Waals surface area contributed by atoms with Gasteiger partial charge in [0, 0.05) is 155 Å². The van der Waals surface area contributed by atoms with Crippen LogP contribution in [0.15, 0.2) is 78.6 Å². The van der Waals surface area contributed by atoms with Gasteiger partial charge in [-0.2, -0.15) is 0 Å². The highest BCUT2D eigenvalue weighted by atomic mass is 35.5. The zero-order valence-corrected chi connectivity index (χ0v) is 74.0. The minimum atomic E-state index is -0.624. The first-order chi connectivity index (χ1) is 59.5. The van der Waals surface area contributed by atoms with Gasteiger partial charge in [-0.1, -0.05) is 23.7 Å². The number of carbonyl (C=O) groups excluding carboxylic acids is 10. The molecule has 0 bridgehead atoms. The van der Waals surface area contributed by atoms with Crippen LogP contribution >= 0.6 is 22.9 Å². The van der Waals surface area contributed by atoms with E-state index >= 15 is 0 Å². The maximum atomic E-state index is 13.7. The van der Waals surface area contributed by atoms with E-state index in [-0.39, 0.29) is 140 Å². The van der Waals surface area contributed by atoms with E-state index in [0.29, 0.717) is 122 Å². The first-order valence-corrected chi connectivity index (χ1v) is 42.6. The lowest BCUT2D eigenvalue weighted by Crippen LogP contribution is -2.33. The number of imidazole rings is 3. The van der Waals surface area contributed by atoms with Gasteiger partial charge in [0.2, 0.25) is 41.2 Å². The van der Waals surface area contributed by atoms with Crippen molar-refractivity contribution in [2.24, 2.45) is 19.1 Å². The number of amides is 10. The van der Waals surface area contributed by atoms with Crippen LogP contribution in [0.2, 0.25) is 5.02 Å². The second kappa shape index (κ2) is 48.6. The highest BCUT2D eigenvalue weighted by Crippen LogP contribution is 2.40. The van der Waals surface area contributed by atoms with E-state index in [0.717, 1.165) is 46.2 Å². The molecule has 1 aliphatic heterocycles. The Balaban J connectivity index is 0.531. The lowest BCUT2D eigenvalue weighted by atomic mass is 9.99. The summed E-state index contributed by atoms with van der Waals surface area (Å²) in [7, 11) is 5.23. The molecule has 0 radical (unpaired) electrons. The molecule has 1 aliphatic rings. The number of carbonyl (C=O) groups is 10. The summed E-state index contributed by atoms with van der Waals surface area (Å²) < 4.78 is 43.6. The third kappa shape index (κ3) is 29.1. The van der Waals surface area contributed by atoms with Gasteiger partial charge in [-0.05, 0) is 125 Å². The Morgan fingerprint density at radius 3 is 1.45 bits per heavy atom. The molecule has 9 rings (SSSR count). The summed E-state index contributed by atoms with van der Waals surface area (Å²) in [5, 5.41) is 38.2. The third-order valence-electron chi connectivity index (χ3n) is 19.6. The zero-order chi connectivity index (χ0) is 89.4. The number of ether oxygens (including phenoxy) is 6. The molecule has 8 aromatic rings. The van der Waals surface area contributed by atoms with Crippen LogP contribution in [-0.4, -0.2) is 261 Å². The second-order valence-electron chi connectivity index (χ2n) is 30.2. The standard InChI is InChI=1S/C83H116ClN23O16S/c1-52(2)104-32-28-88-75(104)81(116)92-60-45-63(102(11)48-60)78(113)89-27-21-70(111)96-66-51-106(54(5)6)77(98-66)82(117)93-61-46-64(103(12)49-61)79(114)90-26-20-69(110)95-65-50-105(53(3)4)76(97-65)80(115)91-25-19-67(108)85-23-13-30-101(10)31-14-24-86-68(109)22-33-118-35-37-120-39-41-122-43-44-123-42-40-121-38-36-119-34-29-87-71(112)47-62-74-100-99-57(9)107(74)83-72(55(7)56(8)124-83)73(94-62)58-15-17-59(84)18-16-58/h15-18,28,32,45-46,48-54,62H,13-14,19-27,29-31,33-44,47H2,1-12H3,(H,85,108)(H,86,109)(H,87,112)(H,89,113)(H,90,114)(H,91,115)(H,92,116)(H,93,117)(H,95,110)(H,96,111)/t62-/m0/s1. The van der Waals surface area contributed by atoms with Crippen LogP contribution in [0.3, 0.4) is 0 Å². The van der Waals surface area contributed by atoms with Gasteiger partial charge in [-0.15, -0.1) is 21.5 Å². The van der Waals surface area contributed by atoms with Crippen LogP contribution in [0.4, 0.5) is 23.0 Å². The summed E-state index contributed by atoms with van der Waals surface area (Å²) >= 11 is 7.90. The SMILES string of the molecule is Cc1sc2c(c1C)C(c1ccc(Cl)cc1)=N[C@@H](CC(=O)NCCOCCOCCOCCOCCOCCOCCC(=O)NCCCN(C)CCCNC(=O)CCNC(=O)c1nc(NC(=O)CCNC(=O)c3cc(NC(=O)c4nc(NC(=O)CCNC(=O)c5cc(NC(=O)c6nccn6C(C)C)cn5C)cn4C(C)C)cn3C)cn1C(C)C)c1nnc(C)n1-2. The van der Waals surface area contributed by atoms with Crippen molar-refractivity contribution in [2.75, 3.05) is 160 Å². The van der Waals surface area contributed by atoms with Crippen molar-refractivity contribution in [3.8, 4) is 5.00 Å². The van der Waals surface area contributed by atoms with Crippen LogP contribution in [0.5, 0.6) is 0 Å². The molecule has 0 fully saturated rings. The molecule has 0 spiro atoms. The molecule has 1 aromatic carbocycles. The van der Waals surface area contributed by atoms with Gasteiger partial charge in [0.1, 0.15) is 28.3 Å². The van der Waals surface area contributed by atoms with Crippen molar-refractivity contribution in [3.63, 3.8) is 0 Å². The molecule has 124 heavy (non-hydrogen) atoms. The maximum Gasteiger partial charge on any atom is 0.291 e. The largest absolute Gasteiger partial charge is 0.379 e. The van der Waals surface area contributed by atoms with E-state index in [1.165, 1.54) is 46.4 Å². The minimum Gasteiger partial charge on any atom is -0.379 e. The first-order valence-electron chi connectivity index (χ1n) is 41.5. The number of hydrogen-bond acceptors (Lipinski definition) is 24. The monoisotopic (exact) mass is 1760 g/mol. The molecule has 7 aromatic heterocycles. The molecule has 0 unspecified atom stereocenters. The molecule has 41 heteroatoms. The number of benzene rings is 1. The van der Waals surface area contributed by atoms with Crippen molar-refractivity contribution >= 4 is 111 Å². The van der Waals surface area contributed by atoms with E-state index in [9.17, 15) is 47.9 Å². The maximum absolute atomic E-state index is 13.7. The number of thiophene rings is 1. The minimum absolute atomic E-state index is 0.0114. The lowest BCUT2D eigenvalue weighted by molar-refractivity contribution is -0.123. The topological polar surface area (TPSA) is 456 Å². The summed E-state index contributed by atoms with van der Waals surface area (Å²) in [6.07, 6.45) is 10.9. The van der Waals surface area contributed by atoms with Crippen LogP contribution < -0.4 is 53.2 Å². The molecule has 672 valence electrons. The van der Waals surface area contributed by atoms with E-state index in [4.69, 9.17) is 45.0 Å². The summed E-state index contributed by atoms with van der Waals surface area (Å²) in [5.41, 5.74) is 4.89. The number of nitrogens with zero attached hydrogens (tertiary/aromatic N) is 13. The van der Waals surface area contributed by atoms with E-state index in [1.807, 2.05) is 84.3 Å². The van der Waals surface area contributed by atoms with Crippen molar-refractivity contribution in [2.45, 2.75) is 131 Å². The normalized spacial score (nSPS) is 12.4. The Hall–Kier alpha value is -11.4. The fourth-order valence-corrected chi connectivity index (χ4v) is 14.4. The average Bonchev–Trinajstić information content (AvgIpc) is 1.59. The zero-order valence-electron chi connectivity index (χ0n) is 72.5. The Morgan fingerprint density at radius 1 is 0.492 bits per heavy atom. The summed E-state index contributed by atoms with van der Waals surface area (Å²) in [5.74, 6) is -2.31. The molecule has 1 atom stereocenters. The van der Waals surface area contributed by atoms with Gasteiger partial charge >= 0.3 is 0 Å². The molecule has 0 saturated carbocycles. The van der Waals surface area contributed by atoms with E-state index in [2.05, 4.69) is 97.1 Å². The van der Waals surface area contributed by atoms with Crippen molar-refractivity contribution in [1.29, 1.82) is 0 Å². The summed E-state index contributed by atoms with van der Waals surface area (Å²) in [4.78, 5) is 152. The highest BCUT2D eigenvalue weighted by molar-refractivity contribution is 7.15. The Kier molecular flexibility index (Phi) is 37.8. The fourth-order valence-electron chi connectivity index (χ4n) is 13.0. The molecular formula is C83H116ClN23O16S. The van der Waals surface area contributed by atoms with Gasteiger partial charge in [-0.3, -0.25) is 57.5 Å². The van der Waals surface area contributed by atoms with Gasteiger partial charge in [0.15, 0.2) is 23.3 Å². The van der Waals surface area contributed by atoms with Crippen molar-refractivity contribution < 1.29 is 76.4 Å². The number of hydrogen-bond donors (Lipinski definition) is 10. The Morgan fingerprint density at radius 2 is 0.944 bits per heavy atom. The Labute approximate surface area is 729 Å². The number of anilines is 4. The molecule has 39 nitrogen and oxygen atoms in total. The molecule has 10 N–H and O–H groups in total. The van der Waals surface area contributed by atoms with E-state index in [1.54, 1.807) is 56.1 Å². The van der Waals surface area contributed by atoms with E-state index < -0.39 is 47.4 Å². The quantitative estimate of drug-likeness (QED) is 0.0180. The molecule has 0 saturated heterocycles. The molecular weight excluding hydrogens is 1640 g/mol. The number of fused-ring (bicyclic) bond motifs is 3. The number of aryl methyl sites for hydroxylation is 4. The average molecular weight is 1760 g/mol. The van der Waals surface area contributed by atoms with Crippen molar-refractivity contribution in [1.82, 2.24) is 89.4 Å². The lowest BCUT2D eigenvalue weighted by Gasteiger charge is -2.17. The van der Waals surface area contributed by atoms with Gasteiger partial charge in [-0.25, -0.2) is 15.0 Å².